The Balaban J connectivity index is 1.88. The van der Waals surface area contributed by atoms with Gasteiger partial charge in [0.2, 0.25) is 0 Å². The van der Waals surface area contributed by atoms with Crippen molar-refractivity contribution in [3.63, 3.8) is 0 Å². The number of hydrogen-bond acceptors (Lipinski definition) is 5. The molecule has 0 aromatic heterocycles. The number of benzene rings is 1. The Morgan fingerprint density at radius 1 is 1.30 bits per heavy atom. The number of carbonyl (C=O) groups is 3. The maximum absolute atomic E-state index is 12.1. The molecule has 0 aliphatic carbocycles. The molecule has 1 aromatic rings. The highest BCUT2D eigenvalue weighted by molar-refractivity contribution is 8.00. The molecule has 1 aliphatic heterocycles. The van der Waals surface area contributed by atoms with Crippen molar-refractivity contribution >= 4 is 41.3 Å². The zero-order chi connectivity index (χ0) is 17.0. The van der Waals surface area contributed by atoms with E-state index in [2.05, 4.69) is 5.32 Å². The van der Waals surface area contributed by atoms with Crippen LogP contribution in [0.5, 0.6) is 0 Å². The molecule has 6 nitrogen and oxygen atoms in total. The molecule has 1 heterocycles. The summed E-state index contributed by atoms with van der Waals surface area (Å²) in [5.74, 6) is -1.03. The Kier molecular flexibility index (Phi) is 5.90. The van der Waals surface area contributed by atoms with Gasteiger partial charge in [-0.3, -0.25) is 14.5 Å². The second-order valence-electron chi connectivity index (χ2n) is 5.01. The molecule has 1 N–H and O–H groups in total. The van der Waals surface area contributed by atoms with Gasteiger partial charge in [0.05, 0.1) is 0 Å². The van der Waals surface area contributed by atoms with E-state index in [0.717, 1.165) is 9.80 Å². The molecule has 0 bridgehead atoms. The van der Waals surface area contributed by atoms with E-state index < -0.39 is 29.3 Å². The first-order valence-corrected chi connectivity index (χ1v) is 8.36. The number of amides is 3. The van der Waals surface area contributed by atoms with E-state index in [4.69, 9.17) is 16.3 Å². The smallest absolute Gasteiger partial charge is 0.324 e. The lowest BCUT2D eigenvalue weighted by molar-refractivity contribution is -0.156. The Hall–Kier alpha value is -1.73. The number of urea groups is 1. The molecule has 0 spiro atoms. The van der Waals surface area contributed by atoms with Crippen molar-refractivity contribution in [1.82, 2.24) is 10.2 Å². The minimum absolute atomic E-state index is 0.286. The second kappa shape index (κ2) is 7.70. The molecule has 2 rings (SSSR count). The number of nitrogens with zero attached hydrogens (tertiary/aromatic N) is 1. The molecule has 23 heavy (non-hydrogen) atoms. The van der Waals surface area contributed by atoms with Crippen LogP contribution >= 0.6 is 23.4 Å². The maximum atomic E-state index is 12.1. The van der Waals surface area contributed by atoms with E-state index in [1.807, 2.05) is 0 Å². The molecule has 2 atom stereocenters. The Bertz CT molecular complexity index is 608. The quantitative estimate of drug-likeness (QED) is 0.647. The second-order valence-corrected chi connectivity index (χ2v) is 6.87. The number of rotatable bonds is 5. The summed E-state index contributed by atoms with van der Waals surface area (Å²) in [5.41, 5.74) is 0. The van der Waals surface area contributed by atoms with Crippen molar-refractivity contribution in [2.75, 3.05) is 13.1 Å². The van der Waals surface area contributed by atoms with Gasteiger partial charge in [-0.05, 0) is 38.1 Å². The Labute approximate surface area is 143 Å². The predicted molar refractivity (Wildman–Crippen MR) is 87.4 cm³/mol. The summed E-state index contributed by atoms with van der Waals surface area (Å²) in [7, 11) is 0. The first kappa shape index (κ1) is 17.6. The number of carbonyl (C=O) groups excluding carboxylic acids is 3. The lowest BCUT2D eigenvalue weighted by Gasteiger charge is -2.19. The summed E-state index contributed by atoms with van der Waals surface area (Å²) in [5, 5.41) is 2.66. The standard InChI is InChI=1S/C15H17ClN2O4S/c1-9(13(19)18-8-7-17-15(18)21)22-14(20)10(2)23-12-5-3-11(16)4-6-12/h3-6,9-10H,7-8H2,1-2H3,(H,17,21)/t9-,10-/m0/s1. The van der Waals surface area contributed by atoms with Gasteiger partial charge in [-0.1, -0.05) is 11.6 Å². The number of imide groups is 1. The maximum Gasteiger partial charge on any atom is 0.324 e. The summed E-state index contributed by atoms with van der Waals surface area (Å²) in [6.45, 7) is 3.86. The van der Waals surface area contributed by atoms with Crippen LogP contribution in [0.25, 0.3) is 0 Å². The van der Waals surface area contributed by atoms with E-state index in [-0.39, 0.29) is 6.54 Å². The van der Waals surface area contributed by atoms with Gasteiger partial charge in [0.1, 0.15) is 5.25 Å². The highest BCUT2D eigenvalue weighted by atomic mass is 35.5. The van der Waals surface area contributed by atoms with Crippen LogP contribution < -0.4 is 5.32 Å². The third-order valence-corrected chi connectivity index (χ3v) is 4.56. The van der Waals surface area contributed by atoms with Crippen molar-refractivity contribution in [3.05, 3.63) is 29.3 Å². The van der Waals surface area contributed by atoms with Gasteiger partial charge in [0.15, 0.2) is 6.10 Å². The molecule has 3 amide bonds. The fraction of sp³-hybridized carbons (Fsp3) is 0.400. The van der Waals surface area contributed by atoms with Crippen molar-refractivity contribution in [2.45, 2.75) is 30.1 Å². The van der Waals surface area contributed by atoms with Gasteiger partial charge in [-0.25, -0.2) is 4.79 Å². The van der Waals surface area contributed by atoms with Crippen LogP contribution in [-0.2, 0) is 14.3 Å². The number of esters is 1. The molecule has 0 saturated carbocycles. The van der Waals surface area contributed by atoms with Gasteiger partial charge in [-0.15, -0.1) is 11.8 Å². The SMILES string of the molecule is C[C@H](OC(=O)[C@H](C)Sc1ccc(Cl)cc1)C(=O)N1CCNC1=O. The van der Waals surface area contributed by atoms with Gasteiger partial charge < -0.3 is 10.1 Å². The summed E-state index contributed by atoms with van der Waals surface area (Å²) < 4.78 is 5.17. The summed E-state index contributed by atoms with van der Waals surface area (Å²) in [6.07, 6.45) is -1.00. The molecule has 1 aliphatic rings. The fourth-order valence-corrected chi connectivity index (χ4v) is 2.97. The lowest BCUT2D eigenvalue weighted by Crippen LogP contribution is -2.42. The van der Waals surface area contributed by atoms with Crippen LogP contribution in [0.3, 0.4) is 0 Å². The van der Waals surface area contributed by atoms with E-state index >= 15 is 0 Å². The highest BCUT2D eigenvalue weighted by Gasteiger charge is 2.32. The van der Waals surface area contributed by atoms with Gasteiger partial charge in [0, 0.05) is 23.0 Å². The minimum atomic E-state index is -1.00. The normalized spacial score (nSPS) is 16.7. The zero-order valence-electron chi connectivity index (χ0n) is 12.7. The third kappa shape index (κ3) is 4.62. The minimum Gasteiger partial charge on any atom is -0.452 e. The average Bonchev–Trinajstić information content (AvgIpc) is 2.94. The lowest BCUT2D eigenvalue weighted by atomic mass is 10.3. The van der Waals surface area contributed by atoms with E-state index in [9.17, 15) is 14.4 Å². The molecule has 1 aromatic carbocycles. The number of halogens is 1. The first-order valence-electron chi connectivity index (χ1n) is 7.10. The van der Waals surface area contributed by atoms with Crippen LogP contribution in [0.2, 0.25) is 5.02 Å². The highest BCUT2D eigenvalue weighted by Crippen LogP contribution is 2.25. The van der Waals surface area contributed by atoms with Gasteiger partial charge in [0.25, 0.3) is 5.91 Å². The van der Waals surface area contributed by atoms with Crippen molar-refractivity contribution in [3.8, 4) is 0 Å². The van der Waals surface area contributed by atoms with Crippen molar-refractivity contribution in [2.24, 2.45) is 0 Å². The number of hydrogen-bond donors (Lipinski definition) is 1. The topological polar surface area (TPSA) is 75.7 Å². The fourth-order valence-electron chi connectivity index (χ4n) is 1.99. The van der Waals surface area contributed by atoms with Gasteiger partial charge in [-0.2, -0.15) is 0 Å². The van der Waals surface area contributed by atoms with Crippen molar-refractivity contribution in [1.29, 1.82) is 0 Å². The molecule has 0 unspecified atom stereocenters. The van der Waals surface area contributed by atoms with Crippen LogP contribution in [-0.4, -0.2) is 47.3 Å². The molecule has 8 heteroatoms. The van der Waals surface area contributed by atoms with Crippen LogP contribution in [0.15, 0.2) is 29.2 Å². The van der Waals surface area contributed by atoms with E-state index in [0.29, 0.717) is 11.6 Å². The molecular weight excluding hydrogens is 340 g/mol. The average molecular weight is 357 g/mol. The summed E-state index contributed by atoms with van der Waals surface area (Å²) in [4.78, 5) is 37.5. The molecule has 1 fully saturated rings. The largest absolute Gasteiger partial charge is 0.452 e. The monoisotopic (exact) mass is 356 g/mol. The van der Waals surface area contributed by atoms with Crippen LogP contribution in [0.1, 0.15) is 13.8 Å². The number of thioether (sulfide) groups is 1. The molecule has 1 saturated heterocycles. The third-order valence-electron chi connectivity index (χ3n) is 3.22. The number of nitrogens with one attached hydrogen (secondary N) is 1. The van der Waals surface area contributed by atoms with Crippen molar-refractivity contribution < 1.29 is 19.1 Å². The first-order chi connectivity index (χ1) is 10.9. The van der Waals surface area contributed by atoms with E-state index in [1.165, 1.54) is 18.7 Å². The molecular formula is C15H17ClN2O4S. The molecule has 124 valence electrons. The predicted octanol–water partition coefficient (Wildman–Crippen LogP) is 2.30. The number of ether oxygens (including phenoxy) is 1. The molecule has 0 radical (unpaired) electrons. The van der Waals surface area contributed by atoms with Crippen LogP contribution in [0.4, 0.5) is 4.79 Å². The Morgan fingerprint density at radius 2 is 1.96 bits per heavy atom. The van der Waals surface area contributed by atoms with E-state index in [1.54, 1.807) is 31.2 Å². The summed E-state index contributed by atoms with van der Waals surface area (Å²) in [6, 6.07) is 6.63. The zero-order valence-corrected chi connectivity index (χ0v) is 14.3. The Morgan fingerprint density at radius 3 is 2.52 bits per heavy atom. The van der Waals surface area contributed by atoms with Crippen LogP contribution in [0, 0.1) is 0 Å². The van der Waals surface area contributed by atoms with Gasteiger partial charge >= 0.3 is 12.0 Å². The summed E-state index contributed by atoms with van der Waals surface area (Å²) >= 11 is 7.12.